The number of ketones is 1. The van der Waals surface area contributed by atoms with Crippen LogP contribution in [0.15, 0.2) is 47.4 Å². The van der Waals surface area contributed by atoms with Crippen molar-refractivity contribution in [2.24, 2.45) is 0 Å². The molecule has 3 N–H and O–H groups in total. The van der Waals surface area contributed by atoms with Crippen molar-refractivity contribution in [2.75, 3.05) is 49.7 Å². The molecule has 0 saturated carbocycles. The lowest BCUT2D eigenvalue weighted by Gasteiger charge is -2.26. The first-order valence-corrected chi connectivity index (χ1v) is 13.1. The number of carbonyl (C=O) groups excluding carboxylic acids is 1. The zero-order valence-corrected chi connectivity index (χ0v) is 20.7. The minimum atomic E-state index is -1.08. The van der Waals surface area contributed by atoms with Crippen LogP contribution in [0.2, 0.25) is 10.0 Å². The van der Waals surface area contributed by atoms with Crippen LogP contribution in [0.25, 0.3) is 0 Å². The van der Waals surface area contributed by atoms with Gasteiger partial charge in [0.15, 0.2) is 5.13 Å². The van der Waals surface area contributed by atoms with Gasteiger partial charge in [0.05, 0.1) is 39.6 Å². The molecule has 0 amide bonds. The minimum Gasteiger partial charge on any atom is -0.382 e. The molecule has 1 aliphatic rings. The molecule has 0 aliphatic carbocycles. The summed E-state index contributed by atoms with van der Waals surface area (Å²) < 4.78 is 18.0. The number of hydrogen-bond acceptors (Lipinski definition) is 8. The lowest BCUT2D eigenvalue weighted by atomic mass is 10.1. The summed E-state index contributed by atoms with van der Waals surface area (Å²) in [5.41, 5.74) is 6.94. The van der Waals surface area contributed by atoms with Gasteiger partial charge in [0.25, 0.3) is 0 Å². The number of nitrogen functional groups attached to an aromatic ring is 1. The third kappa shape index (κ3) is 5.92. The Hall–Kier alpha value is -2.01. The summed E-state index contributed by atoms with van der Waals surface area (Å²) in [6.07, 6.45) is 0. The number of hydrogen-bond donors (Lipinski definition) is 2. The number of nitrogens with zero attached hydrogens (tertiary/aromatic N) is 2. The van der Waals surface area contributed by atoms with Gasteiger partial charge in [0.1, 0.15) is 10.7 Å². The third-order valence-corrected chi connectivity index (χ3v) is 8.08. The van der Waals surface area contributed by atoms with Gasteiger partial charge in [-0.2, -0.15) is 0 Å². The van der Waals surface area contributed by atoms with E-state index in [-0.39, 0.29) is 32.1 Å². The second-order valence-electron chi connectivity index (χ2n) is 7.31. The quantitative estimate of drug-likeness (QED) is 0.420. The van der Waals surface area contributed by atoms with Crippen LogP contribution < -0.4 is 11.1 Å². The standard InChI is InChI=1S/C22H22Cl2N4O3S2/c23-16-2-1-3-17(24)18(16)19(29)20-21(25)27-22(32-20)26-14-4-6-15(7-5-14)33(30)13-10-28-8-11-31-12-9-28/h1-7H,8-13,25H2,(H,26,27). The highest BCUT2D eigenvalue weighted by Gasteiger charge is 2.22. The fourth-order valence-corrected chi connectivity index (χ4v) is 5.86. The lowest BCUT2D eigenvalue weighted by Crippen LogP contribution is -2.38. The molecule has 0 spiro atoms. The average Bonchev–Trinajstić information content (AvgIpc) is 3.18. The summed E-state index contributed by atoms with van der Waals surface area (Å²) in [4.78, 5) is 20.5. The van der Waals surface area contributed by atoms with Crippen LogP contribution in [-0.4, -0.2) is 58.5 Å². The SMILES string of the molecule is Nc1nc(Nc2ccc(S(=O)CCN3CCOCC3)cc2)sc1C(=O)c1c(Cl)cccc1Cl. The highest BCUT2D eigenvalue weighted by Crippen LogP contribution is 2.34. The van der Waals surface area contributed by atoms with Crippen molar-refractivity contribution in [3.8, 4) is 0 Å². The first-order valence-electron chi connectivity index (χ1n) is 10.2. The summed E-state index contributed by atoms with van der Waals surface area (Å²) >= 11 is 13.4. The van der Waals surface area contributed by atoms with E-state index in [0.29, 0.717) is 10.9 Å². The molecule has 174 valence electrons. The summed E-state index contributed by atoms with van der Waals surface area (Å²) in [7, 11) is -1.08. The molecule has 2 aromatic carbocycles. The monoisotopic (exact) mass is 524 g/mol. The summed E-state index contributed by atoms with van der Waals surface area (Å²) in [5.74, 6) is 0.301. The summed E-state index contributed by atoms with van der Waals surface area (Å²) in [6.45, 7) is 4.00. The predicted molar refractivity (Wildman–Crippen MR) is 135 cm³/mol. The largest absolute Gasteiger partial charge is 0.382 e. The van der Waals surface area contributed by atoms with E-state index in [4.69, 9.17) is 33.7 Å². The van der Waals surface area contributed by atoms with E-state index in [0.717, 1.165) is 54.8 Å². The molecular weight excluding hydrogens is 503 g/mol. The molecular formula is C22H22Cl2N4O3S2. The van der Waals surface area contributed by atoms with Crippen LogP contribution >= 0.6 is 34.5 Å². The molecule has 1 aliphatic heterocycles. The lowest BCUT2D eigenvalue weighted by molar-refractivity contribution is 0.0409. The van der Waals surface area contributed by atoms with Crippen LogP contribution in [0, 0.1) is 0 Å². The van der Waals surface area contributed by atoms with Gasteiger partial charge >= 0.3 is 0 Å². The first kappa shape index (κ1) is 24.1. The van der Waals surface area contributed by atoms with Crippen LogP contribution in [0.4, 0.5) is 16.6 Å². The fraction of sp³-hybridized carbons (Fsp3) is 0.273. The molecule has 1 aromatic heterocycles. The molecule has 0 radical (unpaired) electrons. The molecule has 0 bridgehead atoms. The number of thiazole rings is 1. The minimum absolute atomic E-state index is 0.101. The molecule has 1 atom stereocenters. The van der Waals surface area contributed by atoms with Crippen LogP contribution in [0.5, 0.6) is 0 Å². The Morgan fingerprint density at radius 2 is 1.82 bits per heavy atom. The highest BCUT2D eigenvalue weighted by atomic mass is 35.5. The van der Waals surface area contributed by atoms with Crippen LogP contribution in [0.3, 0.4) is 0 Å². The highest BCUT2D eigenvalue weighted by molar-refractivity contribution is 7.85. The normalized spacial score (nSPS) is 15.3. The second kappa shape index (κ2) is 10.9. The maximum absolute atomic E-state index is 12.9. The van der Waals surface area contributed by atoms with Gasteiger partial charge in [-0.15, -0.1) is 0 Å². The molecule has 11 heteroatoms. The smallest absolute Gasteiger partial charge is 0.209 e. The Morgan fingerprint density at radius 1 is 1.15 bits per heavy atom. The number of ether oxygens (including phenoxy) is 1. The van der Waals surface area contributed by atoms with Crippen LogP contribution in [-0.2, 0) is 15.5 Å². The molecule has 1 saturated heterocycles. The van der Waals surface area contributed by atoms with Crippen molar-refractivity contribution in [2.45, 2.75) is 4.90 Å². The zero-order valence-electron chi connectivity index (χ0n) is 17.6. The number of nitrogens with two attached hydrogens (primary N) is 1. The van der Waals surface area contributed by atoms with Crippen molar-refractivity contribution in [1.29, 1.82) is 0 Å². The van der Waals surface area contributed by atoms with Crippen LogP contribution in [0.1, 0.15) is 15.2 Å². The third-order valence-electron chi connectivity index (χ3n) is 5.11. The van der Waals surface area contributed by atoms with Gasteiger partial charge in [0, 0.05) is 36.0 Å². The Labute approximate surface area is 208 Å². The van der Waals surface area contributed by atoms with Crippen molar-refractivity contribution in [3.63, 3.8) is 0 Å². The summed E-state index contributed by atoms with van der Waals surface area (Å²) in [6, 6.07) is 12.2. The number of aromatic nitrogens is 1. The van der Waals surface area contributed by atoms with Gasteiger partial charge in [-0.1, -0.05) is 40.6 Å². The maximum Gasteiger partial charge on any atom is 0.209 e. The molecule has 1 fully saturated rings. The average molecular weight is 525 g/mol. The molecule has 1 unspecified atom stereocenters. The van der Waals surface area contributed by atoms with Gasteiger partial charge in [-0.3, -0.25) is 13.9 Å². The fourth-order valence-electron chi connectivity index (χ4n) is 3.34. The van der Waals surface area contributed by atoms with Gasteiger partial charge in [-0.05, 0) is 36.4 Å². The van der Waals surface area contributed by atoms with Crippen molar-refractivity contribution in [1.82, 2.24) is 9.88 Å². The topological polar surface area (TPSA) is 97.5 Å². The van der Waals surface area contributed by atoms with E-state index in [2.05, 4.69) is 15.2 Å². The zero-order chi connectivity index (χ0) is 23.4. The van der Waals surface area contributed by atoms with Crippen molar-refractivity contribution in [3.05, 3.63) is 63.0 Å². The van der Waals surface area contributed by atoms with Gasteiger partial charge < -0.3 is 15.8 Å². The second-order valence-corrected chi connectivity index (χ2v) is 10.7. The van der Waals surface area contributed by atoms with E-state index in [1.54, 1.807) is 18.2 Å². The van der Waals surface area contributed by atoms with Crippen molar-refractivity contribution < 1.29 is 13.7 Å². The molecule has 33 heavy (non-hydrogen) atoms. The number of benzene rings is 2. The number of anilines is 3. The molecule has 2 heterocycles. The Balaban J connectivity index is 1.40. The Bertz CT molecular complexity index is 1140. The van der Waals surface area contributed by atoms with Gasteiger partial charge in [-0.25, -0.2) is 4.98 Å². The Kier molecular flexibility index (Phi) is 8.00. The van der Waals surface area contributed by atoms with E-state index in [1.165, 1.54) is 0 Å². The van der Waals surface area contributed by atoms with E-state index in [1.807, 2.05) is 24.3 Å². The Morgan fingerprint density at radius 3 is 2.48 bits per heavy atom. The summed E-state index contributed by atoms with van der Waals surface area (Å²) in [5, 5.41) is 4.11. The number of carbonyl (C=O) groups is 1. The van der Waals surface area contributed by atoms with Crippen molar-refractivity contribution >= 4 is 67.8 Å². The molecule has 7 nitrogen and oxygen atoms in total. The number of rotatable bonds is 8. The molecule has 3 aromatic rings. The number of halogens is 2. The number of morpholine rings is 1. The van der Waals surface area contributed by atoms with E-state index < -0.39 is 10.8 Å². The molecule has 4 rings (SSSR count). The predicted octanol–water partition coefficient (Wildman–Crippen LogP) is 4.45. The van der Waals surface area contributed by atoms with E-state index >= 15 is 0 Å². The first-order chi connectivity index (χ1) is 15.9. The number of nitrogens with one attached hydrogen (secondary N) is 1. The maximum atomic E-state index is 12.9. The van der Waals surface area contributed by atoms with E-state index in [9.17, 15) is 9.00 Å². The van der Waals surface area contributed by atoms with Gasteiger partial charge in [0.2, 0.25) is 5.78 Å².